The van der Waals surface area contributed by atoms with Gasteiger partial charge in [-0.25, -0.2) is 0 Å². The summed E-state index contributed by atoms with van der Waals surface area (Å²) < 4.78 is 0. The van der Waals surface area contributed by atoms with Gasteiger partial charge in [0.25, 0.3) is 0 Å². The average Bonchev–Trinajstić information content (AvgIpc) is 2.27. The lowest BCUT2D eigenvalue weighted by molar-refractivity contribution is 1.01. The standard InChI is InChI=1S/C12H14N2/c1-2-9-4-3-5-12-11(9)7-6-10(8-13)14-12/h3-7H,2,8,13H2,1H3. The maximum atomic E-state index is 5.55. The summed E-state index contributed by atoms with van der Waals surface area (Å²) in [6, 6.07) is 10.3. The molecule has 0 bridgehead atoms. The molecule has 0 unspecified atom stereocenters. The molecule has 2 N–H and O–H groups in total. The van der Waals surface area contributed by atoms with Crippen LogP contribution in [0.3, 0.4) is 0 Å². The van der Waals surface area contributed by atoms with Gasteiger partial charge in [-0.05, 0) is 24.1 Å². The molecule has 2 heteroatoms. The molecule has 2 aromatic rings. The van der Waals surface area contributed by atoms with Crippen molar-refractivity contribution in [3.05, 3.63) is 41.6 Å². The first kappa shape index (κ1) is 9.16. The molecule has 0 radical (unpaired) electrons. The molecule has 0 fully saturated rings. The first-order valence-electron chi connectivity index (χ1n) is 4.92. The molecule has 0 amide bonds. The third kappa shape index (κ3) is 1.49. The number of aromatic nitrogens is 1. The van der Waals surface area contributed by atoms with Gasteiger partial charge in [-0.3, -0.25) is 4.98 Å². The van der Waals surface area contributed by atoms with E-state index in [4.69, 9.17) is 5.73 Å². The van der Waals surface area contributed by atoms with Crippen LogP contribution in [0, 0.1) is 0 Å². The molecular formula is C12H14N2. The number of aryl methyl sites for hydroxylation is 1. The SMILES string of the molecule is CCc1cccc2nc(CN)ccc12. The Morgan fingerprint density at radius 3 is 2.79 bits per heavy atom. The van der Waals surface area contributed by atoms with Crippen molar-refractivity contribution in [2.75, 3.05) is 0 Å². The molecule has 0 aliphatic heterocycles. The summed E-state index contributed by atoms with van der Waals surface area (Å²) in [5.41, 5.74) is 8.89. The van der Waals surface area contributed by atoms with Crippen LogP contribution in [-0.2, 0) is 13.0 Å². The van der Waals surface area contributed by atoms with Gasteiger partial charge in [0.1, 0.15) is 0 Å². The number of pyridine rings is 1. The third-order valence-corrected chi connectivity index (χ3v) is 2.47. The number of nitrogens with zero attached hydrogens (tertiary/aromatic N) is 1. The first-order chi connectivity index (χ1) is 6.85. The molecular weight excluding hydrogens is 172 g/mol. The quantitative estimate of drug-likeness (QED) is 0.781. The summed E-state index contributed by atoms with van der Waals surface area (Å²) in [6.07, 6.45) is 1.04. The number of hydrogen-bond acceptors (Lipinski definition) is 2. The van der Waals surface area contributed by atoms with Crippen molar-refractivity contribution >= 4 is 10.9 Å². The molecule has 0 saturated carbocycles. The van der Waals surface area contributed by atoms with Crippen LogP contribution in [0.25, 0.3) is 10.9 Å². The monoisotopic (exact) mass is 186 g/mol. The number of hydrogen-bond donors (Lipinski definition) is 1. The van der Waals surface area contributed by atoms with E-state index in [2.05, 4.69) is 30.1 Å². The summed E-state index contributed by atoms with van der Waals surface area (Å²) in [4.78, 5) is 4.48. The predicted molar refractivity (Wildman–Crippen MR) is 59.0 cm³/mol. The molecule has 1 aromatic carbocycles. The van der Waals surface area contributed by atoms with Crippen LogP contribution in [0.5, 0.6) is 0 Å². The Labute approximate surface area is 83.8 Å². The molecule has 1 heterocycles. The Morgan fingerprint density at radius 2 is 2.07 bits per heavy atom. The summed E-state index contributed by atoms with van der Waals surface area (Å²) in [5, 5.41) is 1.24. The minimum Gasteiger partial charge on any atom is -0.325 e. The topological polar surface area (TPSA) is 38.9 Å². The van der Waals surface area contributed by atoms with Crippen molar-refractivity contribution in [1.82, 2.24) is 4.98 Å². The molecule has 0 atom stereocenters. The van der Waals surface area contributed by atoms with Gasteiger partial charge >= 0.3 is 0 Å². The minimum absolute atomic E-state index is 0.506. The lowest BCUT2D eigenvalue weighted by Crippen LogP contribution is -1.99. The average molecular weight is 186 g/mol. The molecule has 72 valence electrons. The highest BCUT2D eigenvalue weighted by molar-refractivity contribution is 5.82. The second-order valence-electron chi connectivity index (χ2n) is 3.34. The maximum Gasteiger partial charge on any atom is 0.0708 e. The number of benzene rings is 1. The smallest absolute Gasteiger partial charge is 0.0708 e. The van der Waals surface area contributed by atoms with Gasteiger partial charge in [-0.15, -0.1) is 0 Å². The van der Waals surface area contributed by atoms with E-state index in [9.17, 15) is 0 Å². The number of fused-ring (bicyclic) bond motifs is 1. The largest absolute Gasteiger partial charge is 0.325 e. The molecule has 0 saturated heterocycles. The van der Waals surface area contributed by atoms with E-state index in [1.807, 2.05) is 12.1 Å². The lowest BCUT2D eigenvalue weighted by atomic mass is 10.1. The van der Waals surface area contributed by atoms with E-state index in [1.165, 1.54) is 10.9 Å². The Hall–Kier alpha value is -1.41. The van der Waals surface area contributed by atoms with E-state index in [0.29, 0.717) is 6.54 Å². The van der Waals surface area contributed by atoms with Crippen molar-refractivity contribution in [3.63, 3.8) is 0 Å². The third-order valence-electron chi connectivity index (χ3n) is 2.47. The molecule has 2 nitrogen and oxygen atoms in total. The highest BCUT2D eigenvalue weighted by Crippen LogP contribution is 2.17. The van der Waals surface area contributed by atoms with Gasteiger partial charge in [-0.2, -0.15) is 0 Å². The Kier molecular flexibility index (Phi) is 2.46. The zero-order valence-electron chi connectivity index (χ0n) is 8.33. The molecule has 0 spiro atoms. The Morgan fingerprint density at radius 1 is 1.21 bits per heavy atom. The summed E-state index contributed by atoms with van der Waals surface area (Å²) in [6.45, 7) is 2.66. The van der Waals surface area contributed by atoms with Crippen molar-refractivity contribution in [2.24, 2.45) is 5.73 Å². The van der Waals surface area contributed by atoms with Crippen LogP contribution in [0.15, 0.2) is 30.3 Å². The fourth-order valence-corrected chi connectivity index (χ4v) is 1.68. The van der Waals surface area contributed by atoms with E-state index in [-0.39, 0.29) is 0 Å². The van der Waals surface area contributed by atoms with Crippen LogP contribution in [0.1, 0.15) is 18.2 Å². The van der Waals surface area contributed by atoms with Crippen LogP contribution < -0.4 is 5.73 Å². The Balaban J connectivity index is 2.67. The van der Waals surface area contributed by atoms with Crippen molar-refractivity contribution in [1.29, 1.82) is 0 Å². The zero-order valence-corrected chi connectivity index (χ0v) is 8.33. The first-order valence-corrected chi connectivity index (χ1v) is 4.92. The van der Waals surface area contributed by atoms with Crippen molar-refractivity contribution in [3.8, 4) is 0 Å². The van der Waals surface area contributed by atoms with Gasteiger partial charge in [0.15, 0.2) is 0 Å². The maximum absolute atomic E-state index is 5.55. The zero-order chi connectivity index (χ0) is 9.97. The van der Waals surface area contributed by atoms with Gasteiger partial charge in [-0.1, -0.05) is 25.1 Å². The van der Waals surface area contributed by atoms with Crippen molar-refractivity contribution in [2.45, 2.75) is 19.9 Å². The predicted octanol–water partition coefficient (Wildman–Crippen LogP) is 2.26. The van der Waals surface area contributed by atoms with Gasteiger partial charge in [0.05, 0.1) is 11.2 Å². The fraction of sp³-hybridized carbons (Fsp3) is 0.250. The molecule has 2 rings (SSSR count). The van der Waals surface area contributed by atoms with Crippen LogP contribution in [0.2, 0.25) is 0 Å². The summed E-state index contributed by atoms with van der Waals surface area (Å²) in [7, 11) is 0. The second kappa shape index (κ2) is 3.76. The van der Waals surface area contributed by atoms with Gasteiger partial charge < -0.3 is 5.73 Å². The normalized spacial score (nSPS) is 10.7. The van der Waals surface area contributed by atoms with Crippen LogP contribution in [0.4, 0.5) is 0 Å². The fourth-order valence-electron chi connectivity index (χ4n) is 1.68. The number of rotatable bonds is 2. The Bertz CT molecular complexity index is 449. The van der Waals surface area contributed by atoms with E-state index in [1.54, 1.807) is 0 Å². The van der Waals surface area contributed by atoms with Gasteiger partial charge in [0.2, 0.25) is 0 Å². The molecule has 1 aromatic heterocycles. The lowest BCUT2D eigenvalue weighted by Gasteiger charge is -2.04. The molecule has 14 heavy (non-hydrogen) atoms. The van der Waals surface area contributed by atoms with E-state index < -0.39 is 0 Å². The van der Waals surface area contributed by atoms with Crippen LogP contribution in [-0.4, -0.2) is 4.98 Å². The van der Waals surface area contributed by atoms with Gasteiger partial charge in [0, 0.05) is 11.9 Å². The van der Waals surface area contributed by atoms with E-state index >= 15 is 0 Å². The summed E-state index contributed by atoms with van der Waals surface area (Å²) >= 11 is 0. The highest BCUT2D eigenvalue weighted by atomic mass is 14.7. The van der Waals surface area contributed by atoms with Crippen LogP contribution >= 0.6 is 0 Å². The highest BCUT2D eigenvalue weighted by Gasteiger charge is 2.00. The molecule has 0 aliphatic carbocycles. The number of nitrogens with two attached hydrogens (primary N) is 1. The minimum atomic E-state index is 0.506. The van der Waals surface area contributed by atoms with E-state index in [0.717, 1.165) is 17.6 Å². The second-order valence-corrected chi connectivity index (χ2v) is 3.34. The summed E-state index contributed by atoms with van der Waals surface area (Å²) in [5.74, 6) is 0. The van der Waals surface area contributed by atoms with Crippen molar-refractivity contribution < 1.29 is 0 Å². The molecule has 0 aliphatic rings.